The van der Waals surface area contributed by atoms with E-state index in [0.717, 1.165) is 6.42 Å². The van der Waals surface area contributed by atoms with Crippen LogP contribution >= 0.6 is 11.6 Å². The third-order valence-electron chi connectivity index (χ3n) is 8.83. The summed E-state index contributed by atoms with van der Waals surface area (Å²) in [7, 11) is 0. The molecule has 0 aromatic heterocycles. The maximum Gasteiger partial charge on any atom is 0.251 e. The number of hydrogen-bond donors (Lipinski definition) is 2. The van der Waals surface area contributed by atoms with E-state index >= 15 is 0 Å². The number of nitrogens with zero attached hydrogens (tertiary/aromatic N) is 1. The number of amides is 2. The van der Waals surface area contributed by atoms with E-state index in [4.69, 9.17) is 16.3 Å². The van der Waals surface area contributed by atoms with Gasteiger partial charge >= 0.3 is 0 Å². The van der Waals surface area contributed by atoms with Crippen molar-refractivity contribution in [1.82, 2.24) is 4.90 Å². The second-order valence-electron chi connectivity index (χ2n) is 10.5. The molecule has 3 aromatic rings. The van der Waals surface area contributed by atoms with Crippen LogP contribution < -0.4 is 15.4 Å². The van der Waals surface area contributed by atoms with Gasteiger partial charge in [-0.1, -0.05) is 54.6 Å². The van der Waals surface area contributed by atoms with Crippen molar-refractivity contribution in [3.63, 3.8) is 0 Å². The van der Waals surface area contributed by atoms with Crippen molar-refractivity contribution in [3.8, 4) is 5.75 Å². The summed E-state index contributed by atoms with van der Waals surface area (Å²) in [5, 5.41) is 6.55. The van der Waals surface area contributed by atoms with Crippen LogP contribution in [0.15, 0.2) is 79.4 Å². The third-order valence-corrected chi connectivity index (χ3v) is 9.06. The molecule has 0 aliphatic carbocycles. The van der Waals surface area contributed by atoms with Gasteiger partial charge in [0.1, 0.15) is 23.3 Å². The van der Waals surface area contributed by atoms with Crippen LogP contribution in [0, 0.1) is 5.92 Å². The molecule has 4 heterocycles. The monoisotopic (exact) mass is 539 g/mol. The van der Waals surface area contributed by atoms with Gasteiger partial charge in [0.05, 0.1) is 5.92 Å². The lowest BCUT2D eigenvalue weighted by atomic mass is 9.57. The number of rotatable bonds is 5. The fourth-order valence-corrected chi connectivity index (χ4v) is 7.80. The Kier molecular flexibility index (Phi) is 5.28. The molecule has 0 radical (unpaired) electrons. The minimum Gasteiger partial charge on any atom is -0.490 e. The molecule has 4 unspecified atom stereocenters. The van der Waals surface area contributed by atoms with Gasteiger partial charge in [0, 0.05) is 33.6 Å². The van der Waals surface area contributed by atoms with E-state index < -0.39 is 16.9 Å². The summed E-state index contributed by atoms with van der Waals surface area (Å²) in [6.45, 7) is 4.57. The molecule has 39 heavy (non-hydrogen) atoms. The van der Waals surface area contributed by atoms with Crippen LogP contribution in [0.5, 0.6) is 5.75 Å². The Morgan fingerprint density at radius 1 is 1.03 bits per heavy atom. The molecular weight excluding hydrogens is 514 g/mol. The Bertz CT molecular complexity index is 1590. The third kappa shape index (κ3) is 2.94. The van der Waals surface area contributed by atoms with E-state index in [2.05, 4.69) is 22.1 Å². The van der Waals surface area contributed by atoms with Crippen molar-refractivity contribution in [2.45, 2.75) is 29.8 Å². The molecule has 0 saturated carbocycles. The quantitative estimate of drug-likeness (QED) is 0.355. The number of benzene rings is 3. The molecule has 2 fully saturated rings. The van der Waals surface area contributed by atoms with Gasteiger partial charge in [-0.25, -0.2) is 0 Å². The molecule has 7 nitrogen and oxygen atoms in total. The summed E-state index contributed by atoms with van der Waals surface area (Å²) in [5.74, 6) is -1.13. The normalized spacial score (nSPS) is 28.2. The lowest BCUT2D eigenvalue weighted by Crippen LogP contribution is -2.62. The van der Waals surface area contributed by atoms with Crippen LogP contribution in [0.3, 0.4) is 0 Å². The average Bonchev–Trinajstić information content (AvgIpc) is 3.66. The van der Waals surface area contributed by atoms with Crippen molar-refractivity contribution in [1.29, 1.82) is 0 Å². The highest BCUT2D eigenvalue weighted by atomic mass is 35.5. The summed E-state index contributed by atoms with van der Waals surface area (Å²) in [6.07, 6.45) is 3.13. The Labute approximate surface area is 230 Å². The summed E-state index contributed by atoms with van der Waals surface area (Å²) >= 11 is 6.52. The molecule has 4 aliphatic rings. The number of carbonyl (C=O) groups is 3. The summed E-state index contributed by atoms with van der Waals surface area (Å²) in [5.41, 5.74) is 0.00641. The highest BCUT2D eigenvalue weighted by Gasteiger charge is 2.81. The number of ether oxygens (including phenoxy) is 1. The van der Waals surface area contributed by atoms with Gasteiger partial charge in [0.2, 0.25) is 5.91 Å². The van der Waals surface area contributed by atoms with E-state index in [-0.39, 0.29) is 23.6 Å². The molecule has 0 bridgehead atoms. The summed E-state index contributed by atoms with van der Waals surface area (Å²) in [6, 6.07) is 19.4. The van der Waals surface area contributed by atoms with Gasteiger partial charge in [0.15, 0.2) is 5.78 Å². The number of fused-ring (bicyclic) bond motifs is 7. The zero-order chi connectivity index (χ0) is 26.9. The second kappa shape index (κ2) is 8.53. The second-order valence-corrected chi connectivity index (χ2v) is 11.0. The average molecular weight is 540 g/mol. The van der Waals surface area contributed by atoms with Crippen molar-refractivity contribution < 1.29 is 19.1 Å². The van der Waals surface area contributed by atoms with Gasteiger partial charge in [-0.3, -0.25) is 19.3 Å². The summed E-state index contributed by atoms with van der Waals surface area (Å²) in [4.78, 5) is 45.7. The predicted molar refractivity (Wildman–Crippen MR) is 148 cm³/mol. The number of para-hydroxylation sites is 1. The van der Waals surface area contributed by atoms with Crippen LogP contribution in [0.1, 0.15) is 34.3 Å². The zero-order valence-electron chi connectivity index (χ0n) is 21.1. The smallest absolute Gasteiger partial charge is 0.251 e. The number of nitrogens with one attached hydrogen (secondary N) is 2. The van der Waals surface area contributed by atoms with Gasteiger partial charge in [0.25, 0.3) is 5.91 Å². The number of carbonyl (C=O) groups excluding carboxylic acids is 3. The molecule has 8 heteroatoms. The molecule has 196 valence electrons. The number of halogens is 1. The minimum atomic E-state index is -1.51. The topological polar surface area (TPSA) is 87.7 Å². The lowest BCUT2D eigenvalue weighted by molar-refractivity contribution is -0.137. The van der Waals surface area contributed by atoms with Crippen molar-refractivity contribution in [3.05, 3.63) is 101 Å². The molecule has 2 N–H and O–H groups in total. The van der Waals surface area contributed by atoms with Crippen molar-refractivity contribution in [2.75, 3.05) is 23.8 Å². The molecular formula is C31H26ClN3O4. The van der Waals surface area contributed by atoms with Crippen LogP contribution in [-0.4, -0.2) is 41.7 Å². The van der Waals surface area contributed by atoms with E-state index in [1.807, 2.05) is 24.3 Å². The van der Waals surface area contributed by atoms with Crippen LogP contribution in [-0.2, 0) is 20.5 Å². The number of ketones is 1. The first kappa shape index (κ1) is 24.1. The highest BCUT2D eigenvalue weighted by Crippen LogP contribution is 2.68. The van der Waals surface area contributed by atoms with Crippen molar-refractivity contribution >= 4 is 40.6 Å². The predicted octanol–water partition coefficient (Wildman–Crippen LogP) is 4.92. The summed E-state index contributed by atoms with van der Waals surface area (Å²) < 4.78 is 5.72. The van der Waals surface area contributed by atoms with Gasteiger partial charge in [-0.2, -0.15) is 0 Å². The Balaban J connectivity index is 1.52. The van der Waals surface area contributed by atoms with E-state index in [0.29, 0.717) is 58.4 Å². The van der Waals surface area contributed by atoms with E-state index in [1.54, 1.807) is 48.5 Å². The molecule has 4 aliphatic heterocycles. The molecule has 2 saturated heterocycles. The van der Waals surface area contributed by atoms with E-state index in [1.165, 1.54) is 0 Å². The Morgan fingerprint density at radius 3 is 2.67 bits per heavy atom. The Hall–Kier alpha value is -3.94. The van der Waals surface area contributed by atoms with Gasteiger partial charge < -0.3 is 15.4 Å². The maximum absolute atomic E-state index is 14.7. The molecule has 4 atom stereocenters. The molecule has 2 amide bonds. The van der Waals surface area contributed by atoms with Crippen LogP contribution in [0.2, 0.25) is 5.02 Å². The largest absolute Gasteiger partial charge is 0.490 e. The molecule has 3 aromatic carbocycles. The van der Waals surface area contributed by atoms with E-state index in [9.17, 15) is 14.4 Å². The lowest BCUT2D eigenvalue weighted by Gasteiger charge is -2.43. The minimum absolute atomic E-state index is 0.192. The number of anilines is 2. The van der Waals surface area contributed by atoms with Gasteiger partial charge in [-0.05, 0) is 61.3 Å². The number of Topliss-reactive ketones (excluding diaryl/α,β-unsaturated/α-hetero) is 1. The maximum atomic E-state index is 14.7. The van der Waals surface area contributed by atoms with Crippen LogP contribution in [0.4, 0.5) is 11.4 Å². The molecule has 7 rings (SSSR count). The first-order chi connectivity index (χ1) is 18.9. The SMILES string of the molecule is C=CCOc1cccc(C(=O)C2C3CCCN3C3(C(=O)Nc4ccc(Cl)cc43)C23C(=O)Nc2ccccc23)c1. The number of hydrogen-bond acceptors (Lipinski definition) is 5. The Morgan fingerprint density at radius 2 is 1.82 bits per heavy atom. The van der Waals surface area contributed by atoms with Gasteiger partial charge in [-0.15, -0.1) is 0 Å². The zero-order valence-corrected chi connectivity index (χ0v) is 21.8. The first-order valence-electron chi connectivity index (χ1n) is 13.1. The highest BCUT2D eigenvalue weighted by molar-refractivity contribution is 6.31. The van der Waals surface area contributed by atoms with Crippen LogP contribution in [0.25, 0.3) is 0 Å². The van der Waals surface area contributed by atoms with Crippen molar-refractivity contribution in [2.24, 2.45) is 5.92 Å². The molecule has 2 spiro atoms. The fraction of sp³-hybridized carbons (Fsp3) is 0.258. The first-order valence-corrected chi connectivity index (χ1v) is 13.5. The standard InChI is InChI=1S/C31H26ClN3O4/c1-2-15-39-20-8-5-7-18(16-20)27(36)26-25-11-6-14-35(25)31(22-17-19(32)12-13-24(22)34-29(31)38)30(26)21-9-3-4-10-23(21)33-28(30)37/h2-5,7-10,12-13,16-17,25-26H,1,6,11,14-15H2,(H,33,37)(H,34,38). The fourth-order valence-electron chi connectivity index (χ4n) is 7.62.